The summed E-state index contributed by atoms with van der Waals surface area (Å²) in [5.74, 6) is -2.32. The first-order valence-corrected chi connectivity index (χ1v) is 10.6. The van der Waals surface area contributed by atoms with Crippen LogP contribution < -0.4 is 15.6 Å². The molecule has 0 fully saturated rings. The van der Waals surface area contributed by atoms with Crippen LogP contribution in [-0.2, 0) is 11.3 Å². The third-order valence-electron chi connectivity index (χ3n) is 4.70. The van der Waals surface area contributed by atoms with Crippen LogP contribution >= 0.6 is 0 Å². The highest BCUT2D eigenvalue weighted by molar-refractivity contribution is 5.98. The molecule has 0 bridgehead atoms. The molecule has 0 amide bonds. The van der Waals surface area contributed by atoms with Crippen LogP contribution in [0.25, 0.3) is 21.9 Å². The summed E-state index contributed by atoms with van der Waals surface area (Å²) in [6.07, 6.45) is -5.08. The molecule has 3 aromatic rings. The number of aromatic nitrogens is 1. The number of nitrogens with one attached hydrogen (secondary N) is 1. The van der Waals surface area contributed by atoms with Crippen molar-refractivity contribution < 1.29 is 27.8 Å². The number of hydrogen-bond donors (Lipinski definition) is 2. The van der Waals surface area contributed by atoms with Gasteiger partial charge in [0, 0.05) is 29.4 Å². The van der Waals surface area contributed by atoms with E-state index in [9.17, 15) is 18.0 Å². The van der Waals surface area contributed by atoms with Gasteiger partial charge in [0.15, 0.2) is 6.61 Å². The lowest BCUT2D eigenvalue weighted by Crippen LogP contribution is -2.39. The number of pyridine rings is 1. The smallest absolute Gasteiger partial charge is 0.475 e. The van der Waals surface area contributed by atoms with Gasteiger partial charge < -0.3 is 15.2 Å². The number of benzene rings is 2. The second kappa shape index (κ2) is 11.5. The maximum atomic E-state index is 13.2. The zero-order valence-electron chi connectivity index (χ0n) is 19.5. The highest BCUT2D eigenvalue weighted by atomic mass is 19.4. The van der Waals surface area contributed by atoms with Crippen molar-refractivity contribution in [2.45, 2.75) is 39.0 Å². The molecule has 1 aromatic heterocycles. The maximum Gasteiger partial charge on any atom is 0.490 e. The van der Waals surface area contributed by atoms with E-state index in [1.54, 1.807) is 4.57 Å². The van der Waals surface area contributed by atoms with E-state index < -0.39 is 12.1 Å². The number of fused-ring (bicyclic) bond motifs is 1. The summed E-state index contributed by atoms with van der Waals surface area (Å²) in [6, 6.07) is 19.4. The Morgan fingerprint density at radius 1 is 1.06 bits per heavy atom. The molecule has 7 nitrogen and oxygen atoms in total. The number of nitriles is 1. The summed E-state index contributed by atoms with van der Waals surface area (Å²) >= 11 is 0. The molecule has 0 saturated heterocycles. The SMILES string of the molecule is CC(C)(C)NCCn1c(OCC#N)c(-c2ccccc2)c2ccccc2c1=O.O=C(O)C(F)(F)F. The van der Waals surface area contributed by atoms with Gasteiger partial charge in [-0.05, 0) is 32.4 Å². The average Bonchev–Trinajstić information content (AvgIpc) is 2.79. The molecule has 0 spiro atoms. The molecular weight excluding hydrogens is 463 g/mol. The molecule has 0 atom stereocenters. The topological polar surface area (TPSA) is 104 Å². The van der Waals surface area contributed by atoms with E-state index in [1.807, 2.05) is 60.7 Å². The largest absolute Gasteiger partial charge is 0.490 e. The summed E-state index contributed by atoms with van der Waals surface area (Å²) in [4.78, 5) is 22.1. The summed E-state index contributed by atoms with van der Waals surface area (Å²) in [6.45, 7) is 7.18. The van der Waals surface area contributed by atoms with Gasteiger partial charge in [0.05, 0.1) is 5.56 Å². The van der Waals surface area contributed by atoms with Crippen LogP contribution in [0, 0.1) is 11.3 Å². The van der Waals surface area contributed by atoms with Gasteiger partial charge in [-0.1, -0.05) is 48.5 Å². The Balaban J connectivity index is 0.000000540. The first kappa shape index (κ1) is 27.4. The molecule has 2 N–H and O–H groups in total. The normalized spacial score (nSPS) is 11.3. The minimum Gasteiger partial charge on any atom is -0.475 e. The number of rotatable bonds is 6. The van der Waals surface area contributed by atoms with Crippen LogP contribution in [0.5, 0.6) is 5.88 Å². The second-order valence-electron chi connectivity index (χ2n) is 8.48. The number of ether oxygens (including phenoxy) is 1. The van der Waals surface area contributed by atoms with Crippen LogP contribution in [0.1, 0.15) is 20.8 Å². The van der Waals surface area contributed by atoms with E-state index in [1.165, 1.54) is 0 Å². The van der Waals surface area contributed by atoms with Crippen molar-refractivity contribution in [3.63, 3.8) is 0 Å². The van der Waals surface area contributed by atoms with E-state index in [2.05, 4.69) is 26.1 Å². The maximum absolute atomic E-state index is 13.2. The van der Waals surface area contributed by atoms with Crippen LogP contribution in [0.15, 0.2) is 59.4 Å². The molecule has 0 aliphatic rings. The first-order chi connectivity index (χ1) is 16.4. The third-order valence-corrected chi connectivity index (χ3v) is 4.70. The van der Waals surface area contributed by atoms with E-state index in [-0.39, 0.29) is 17.7 Å². The fourth-order valence-corrected chi connectivity index (χ4v) is 3.26. The van der Waals surface area contributed by atoms with Gasteiger partial charge in [0.25, 0.3) is 5.56 Å². The van der Waals surface area contributed by atoms with E-state index in [0.29, 0.717) is 24.4 Å². The molecule has 3 rings (SSSR count). The van der Waals surface area contributed by atoms with Gasteiger partial charge in [-0.3, -0.25) is 9.36 Å². The second-order valence-corrected chi connectivity index (χ2v) is 8.48. The Hall–Kier alpha value is -3.84. The fourth-order valence-electron chi connectivity index (χ4n) is 3.26. The molecule has 0 unspecified atom stereocenters. The monoisotopic (exact) mass is 489 g/mol. The van der Waals surface area contributed by atoms with E-state index in [4.69, 9.17) is 19.9 Å². The number of aliphatic carboxylic acids is 1. The summed E-state index contributed by atoms with van der Waals surface area (Å²) in [5.41, 5.74) is 1.61. The lowest BCUT2D eigenvalue weighted by Gasteiger charge is -2.23. The van der Waals surface area contributed by atoms with Crippen LogP contribution in [0.4, 0.5) is 13.2 Å². The zero-order valence-corrected chi connectivity index (χ0v) is 19.5. The van der Waals surface area contributed by atoms with Crippen molar-refractivity contribution in [1.29, 1.82) is 5.26 Å². The van der Waals surface area contributed by atoms with Crippen LogP contribution in [0.2, 0.25) is 0 Å². The number of carboxylic acids is 1. The van der Waals surface area contributed by atoms with Crippen molar-refractivity contribution in [2.24, 2.45) is 0 Å². The van der Waals surface area contributed by atoms with Gasteiger partial charge >= 0.3 is 12.1 Å². The Labute approximate surface area is 200 Å². The minimum absolute atomic E-state index is 0.0591. The Kier molecular flexibility index (Phi) is 9.03. The highest BCUT2D eigenvalue weighted by Gasteiger charge is 2.38. The summed E-state index contributed by atoms with van der Waals surface area (Å²) in [5, 5.41) is 21.1. The number of halogens is 3. The molecule has 10 heteroatoms. The molecule has 0 aliphatic heterocycles. The summed E-state index contributed by atoms with van der Waals surface area (Å²) in [7, 11) is 0. The van der Waals surface area contributed by atoms with Gasteiger partial charge in [-0.15, -0.1) is 0 Å². The highest BCUT2D eigenvalue weighted by Crippen LogP contribution is 2.35. The zero-order chi connectivity index (χ0) is 26.2. The number of carbonyl (C=O) groups is 1. The number of carboxylic acid groups (broad SMARTS) is 1. The lowest BCUT2D eigenvalue weighted by atomic mass is 9.99. The predicted molar refractivity (Wildman–Crippen MR) is 126 cm³/mol. The van der Waals surface area contributed by atoms with Crippen molar-refractivity contribution in [3.8, 4) is 23.1 Å². The minimum atomic E-state index is -5.08. The van der Waals surface area contributed by atoms with Crippen molar-refractivity contribution in [3.05, 3.63) is 65.0 Å². The fraction of sp³-hybridized carbons (Fsp3) is 0.320. The molecule has 0 aliphatic carbocycles. The molecule has 0 radical (unpaired) electrons. The van der Waals surface area contributed by atoms with Crippen LogP contribution in [0.3, 0.4) is 0 Å². The number of nitrogens with zero attached hydrogens (tertiary/aromatic N) is 2. The van der Waals surface area contributed by atoms with Crippen molar-refractivity contribution >= 4 is 16.7 Å². The molecule has 35 heavy (non-hydrogen) atoms. The van der Waals surface area contributed by atoms with Crippen molar-refractivity contribution in [2.75, 3.05) is 13.2 Å². The molecule has 0 saturated carbocycles. The molecule has 1 heterocycles. The predicted octanol–water partition coefficient (Wildman–Crippen LogP) is 4.59. The van der Waals surface area contributed by atoms with Gasteiger partial charge in [-0.25, -0.2) is 4.79 Å². The Morgan fingerprint density at radius 2 is 1.60 bits per heavy atom. The Morgan fingerprint density at radius 3 is 2.11 bits per heavy atom. The van der Waals surface area contributed by atoms with Crippen LogP contribution in [-0.4, -0.2) is 40.5 Å². The van der Waals surface area contributed by atoms with E-state index >= 15 is 0 Å². The van der Waals surface area contributed by atoms with E-state index in [0.717, 1.165) is 16.5 Å². The van der Waals surface area contributed by atoms with Crippen molar-refractivity contribution in [1.82, 2.24) is 9.88 Å². The number of alkyl halides is 3. The standard InChI is InChI=1S/C23H25N3O2.C2HF3O2/c1-23(2,3)25-14-15-26-21(27)19-12-8-7-11-18(19)20(22(26)28-16-13-24)17-9-5-4-6-10-17;3-2(4,5)1(6)7/h4-12,25H,14-16H2,1-3H3;(H,6,7). The third kappa shape index (κ3) is 7.58. The van der Waals surface area contributed by atoms with Gasteiger partial charge in [0.2, 0.25) is 5.88 Å². The summed E-state index contributed by atoms with van der Waals surface area (Å²) < 4.78 is 39.2. The first-order valence-electron chi connectivity index (χ1n) is 10.6. The average molecular weight is 489 g/mol. The lowest BCUT2D eigenvalue weighted by molar-refractivity contribution is -0.192. The Bertz CT molecular complexity index is 1260. The molecule has 186 valence electrons. The number of hydrogen-bond acceptors (Lipinski definition) is 5. The quantitative estimate of drug-likeness (QED) is 0.525. The molecular formula is C25H26F3N3O4. The van der Waals surface area contributed by atoms with Gasteiger partial charge in [0.1, 0.15) is 6.07 Å². The molecule has 2 aromatic carbocycles. The van der Waals surface area contributed by atoms with Gasteiger partial charge in [-0.2, -0.15) is 18.4 Å².